The van der Waals surface area contributed by atoms with Gasteiger partial charge in [0.25, 0.3) is 0 Å². The Labute approximate surface area is 121 Å². The van der Waals surface area contributed by atoms with E-state index in [1.54, 1.807) is 10.4 Å². The number of nitrogens with zero attached hydrogens (tertiary/aromatic N) is 1. The van der Waals surface area contributed by atoms with Gasteiger partial charge in [-0.25, -0.2) is 0 Å². The molecule has 2 atom stereocenters. The minimum Gasteiger partial charge on any atom is -0.316 e. The van der Waals surface area contributed by atoms with Crippen LogP contribution < -0.4 is 5.32 Å². The topological polar surface area (TPSA) is 15.3 Å². The van der Waals surface area contributed by atoms with Gasteiger partial charge in [0.2, 0.25) is 0 Å². The Balaban J connectivity index is 1.45. The normalized spacial score (nSPS) is 26.1. The molecule has 106 valence electrons. The van der Waals surface area contributed by atoms with E-state index in [-0.39, 0.29) is 0 Å². The van der Waals surface area contributed by atoms with E-state index in [0.29, 0.717) is 0 Å². The minimum atomic E-state index is 0.872. The highest BCUT2D eigenvalue weighted by Crippen LogP contribution is 2.26. The third-order valence-corrected chi connectivity index (χ3v) is 5.95. The molecule has 1 fully saturated rings. The van der Waals surface area contributed by atoms with Crippen molar-refractivity contribution < 1.29 is 0 Å². The summed E-state index contributed by atoms with van der Waals surface area (Å²) in [5, 5.41) is 5.81. The van der Waals surface area contributed by atoms with Gasteiger partial charge in [-0.05, 0) is 74.2 Å². The lowest BCUT2D eigenvalue weighted by atomic mass is 9.85. The zero-order valence-electron chi connectivity index (χ0n) is 12.0. The predicted octanol–water partition coefficient (Wildman–Crippen LogP) is 3.13. The molecule has 0 saturated carbocycles. The standard InChI is InChI=1S/C16H26N2S/c1-13(14-3-2-7-17-11-14)4-8-18-9-5-16-15(12-18)6-10-19-16/h6,10,13-14,17H,2-5,7-9,11-12H2,1H3. The number of hydrogen-bond donors (Lipinski definition) is 1. The maximum Gasteiger partial charge on any atom is 0.0244 e. The van der Waals surface area contributed by atoms with Crippen LogP contribution >= 0.6 is 11.3 Å². The molecule has 1 N–H and O–H groups in total. The van der Waals surface area contributed by atoms with Crippen molar-refractivity contribution in [2.45, 2.75) is 39.2 Å². The lowest BCUT2D eigenvalue weighted by molar-refractivity contribution is 0.202. The minimum absolute atomic E-state index is 0.872. The summed E-state index contributed by atoms with van der Waals surface area (Å²) in [6.07, 6.45) is 5.44. The lowest BCUT2D eigenvalue weighted by Gasteiger charge is -2.32. The second-order valence-electron chi connectivity index (χ2n) is 6.27. The molecule has 0 bridgehead atoms. The van der Waals surface area contributed by atoms with E-state index in [0.717, 1.165) is 11.8 Å². The van der Waals surface area contributed by atoms with Gasteiger partial charge in [-0.15, -0.1) is 11.3 Å². The van der Waals surface area contributed by atoms with Gasteiger partial charge in [0, 0.05) is 18.0 Å². The van der Waals surface area contributed by atoms with E-state index in [4.69, 9.17) is 0 Å². The van der Waals surface area contributed by atoms with Crippen LogP contribution in [0.1, 0.15) is 36.6 Å². The Hall–Kier alpha value is -0.380. The molecule has 1 aromatic rings. The molecule has 2 nitrogen and oxygen atoms in total. The average Bonchev–Trinajstić information content (AvgIpc) is 2.93. The Bertz CT molecular complexity index is 395. The van der Waals surface area contributed by atoms with Crippen LogP contribution in [0.3, 0.4) is 0 Å². The van der Waals surface area contributed by atoms with Crippen molar-refractivity contribution in [1.82, 2.24) is 10.2 Å². The summed E-state index contributed by atoms with van der Waals surface area (Å²) in [4.78, 5) is 4.28. The van der Waals surface area contributed by atoms with Crippen LogP contribution in [-0.2, 0) is 13.0 Å². The van der Waals surface area contributed by atoms with Crippen molar-refractivity contribution in [1.29, 1.82) is 0 Å². The maximum atomic E-state index is 3.55. The van der Waals surface area contributed by atoms with Crippen LogP contribution in [0.4, 0.5) is 0 Å². The summed E-state index contributed by atoms with van der Waals surface area (Å²) in [6.45, 7) is 8.67. The number of piperidine rings is 1. The number of hydrogen-bond acceptors (Lipinski definition) is 3. The highest BCUT2D eigenvalue weighted by Gasteiger charge is 2.22. The Kier molecular flexibility index (Phi) is 4.57. The molecule has 2 aliphatic heterocycles. The number of thiophene rings is 1. The van der Waals surface area contributed by atoms with Crippen LogP contribution in [0.25, 0.3) is 0 Å². The summed E-state index contributed by atoms with van der Waals surface area (Å²) in [5.74, 6) is 1.78. The zero-order valence-corrected chi connectivity index (χ0v) is 12.8. The average molecular weight is 278 g/mol. The maximum absolute atomic E-state index is 3.55. The van der Waals surface area contributed by atoms with E-state index < -0.39 is 0 Å². The fourth-order valence-electron chi connectivity index (χ4n) is 3.48. The molecule has 2 aliphatic rings. The van der Waals surface area contributed by atoms with Gasteiger partial charge in [-0.1, -0.05) is 6.92 Å². The van der Waals surface area contributed by atoms with Gasteiger partial charge in [0.05, 0.1) is 0 Å². The molecular formula is C16H26N2S. The van der Waals surface area contributed by atoms with Gasteiger partial charge in [-0.3, -0.25) is 4.90 Å². The van der Waals surface area contributed by atoms with Crippen LogP contribution in [0, 0.1) is 11.8 Å². The molecule has 1 saturated heterocycles. The highest BCUT2D eigenvalue weighted by atomic mass is 32.1. The first-order chi connectivity index (χ1) is 9.33. The molecular weight excluding hydrogens is 252 g/mol. The van der Waals surface area contributed by atoms with Crippen molar-refractivity contribution in [3.63, 3.8) is 0 Å². The summed E-state index contributed by atoms with van der Waals surface area (Å²) in [6, 6.07) is 2.32. The van der Waals surface area contributed by atoms with E-state index in [2.05, 4.69) is 28.6 Å². The molecule has 2 unspecified atom stereocenters. The van der Waals surface area contributed by atoms with Crippen molar-refractivity contribution in [2.75, 3.05) is 26.2 Å². The van der Waals surface area contributed by atoms with Crippen molar-refractivity contribution >= 4 is 11.3 Å². The number of rotatable bonds is 4. The Morgan fingerprint density at radius 3 is 3.32 bits per heavy atom. The molecule has 0 aromatic carbocycles. The van der Waals surface area contributed by atoms with E-state index in [1.807, 2.05) is 11.3 Å². The first-order valence-corrected chi connectivity index (χ1v) is 8.69. The molecule has 3 heterocycles. The molecule has 3 heteroatoms. The van der Waals surface area contributed by atoms with Crippen LogP contribution in [0.2, 0.25) is 0 Å². The van der Waals surface area contributed by atoms with Crippen LogP contribution in [0.15, 0.2) is 11.4 Å². The van der Waals surface area contributed by atoms with Crippen LogP contribution in [0.5, 0.6) is 0 Å². The monoisotopic (exact) mass is 278 g/mol. The molecule has 3 rings (SSSR count). The van der Waals surface area contributed by atoms with Gasteiger partial charge in [0.1, 0.15) is 0 Å². The first kappa shape index (κ1) is 13.6. The zero-order chi connectivity index (χ0) is 13.1. The molecule has 0 amide bonds. The van der Waals surface area contributed by atoms with Gasteiger partial charge < -0.3 is 5.32 Å². The second-order valence-corrected chi connectivity index (χ2v) is 7.27. The smallest absolute Gasteiger partial charge is 0.0244 e. The van der Waals surface area contributed by atoms with Crippen molar-refractivity contribution in [3.8, 4) is 0 Å². The summed E-state index contributed by atoms with van der Waals surface area (Å²) >= 11 is 1.94. The largest absolute Gasteiger partial charge is 0.316 e. The summed E-state index contributed by atoms with van der Waals surface area (Å²) in [7, 11) is 0. The molecule has 19 heavy (non-hydrogen) atoms. The Morgan fingerprint density at radius 1 is 1.53 bits per heavy atom. The van der Waals surface area contributed by atoms with Crippen LogP contribution in [-0.4, -0.2) is 31.1 Å². The van der Waals surface area contributed by atoms with E-state index in [1.165, 1.54) is 58.4 Å². The van der Waals surface area contributed by atoms with Crippen molar-refractivity contribution in [2.24, 2.45) is 11.8 Å². The van der Waals surface area contributed by atoms with Crippen molar-refractivity contribution in [3.05, 3.63) is 21.9 Å². The number of nitrogens with one attached hydrogen (secondary N) is 1. The Morgan fingerprint density at radius 2 is 2.47 bits per heavy atom. The summed E-state index contributed by atoms with van der Waals surface area (Å²) in [5.41, 5.74) is 1.59. The van der Waals surface area contributed by atoms with E-state index >= 15 is 0 Å². The quantitative estimate of drug-likeness (QED) is 0.910. The lowest BCUT2D eigenvalue weighted by Crippen LogP contribution is -2.36. The molecule has 1 aromatic heterocycles. The van der Waals surface area contributed by atoms with Gasteiger partial charge in [0.15, 0.2) is 0 Å². The highest BCUT2D eigenvalue weighted by molar-refractivity contribution is 7.10. The molecule has 0 aliphatic carbocycles. The fourth-order valence-corrected chi connectivity index (χ4v) is 4.37. The van der Waals surface area contributed by atoms with E-state index in [9.17, 15) is 0 Å². The number of fused-ring (bicyclic) bond motifs is 1. The third kappa shape index (κ3) is 3.39. The predicted molar refractivity (Wildman–Crippen MR) is 82.7 cm³/mol. The first-order valence-electron chi connectivity index (χ1n) is 7.81. The van der Waals surface area contributed by atoms with Gasteiger partial charge >= 0.3 is 0 Å². The fraction of sp³-hybridized carbons (Fsp3) is 0.750. The molecule has 0 radical (unpaired) electrons. The SMILES string of the molecule is CC(CCN1CCc2sccc2C1)C1CCCNC1. The van der Waals surface area contributed by atoms with Gasteiger partial charge in [-0.2, -0.15) is 0 Å². The third-order valence-electron chi connectivity index (χ3n) is 4.93. The summed E-state index contributed by atoms with van der Waals surface area (Å²) < 4.78 is 0. The molecule has 0 spiro atoms. The second kappa shape index (κ2) is 6.38.